The molecule has 0 aromatic heterocycles. The van der Waals surface area contributed by atoms with Gasteiger partial charge in [0.05, 0.1) is 13.5 Å². The Hall–Kier alpha value is -0.570. The van der Waals surface area contributed by atoms with Gasteiger partial charge in [0.15, 0.2) is 0 Å². The Morgan fingerprint density at radius 1 is 1.28 bits per heavy atom. The van der Waals surface area contributed by atoms with Crippen LogP contribution >= 0.6 is 0 Å². The molecule has 1 saturated carbocycles. The molecule has 0 aromatic rings. The first-order chi connectivity index (χ1) is 8.13. The van der Waals surface area contributed by atoms with Gasteiger partial charge in [-0.15, -0.1) is 0 Å². The van der Waals surface area contributed by atoms with E-state index in [9.17, 15) is 4.79 Å². The zero-order valence-corrected chi connectivity index (χ0v) is 12.8. The molecular formula is C15H29NO2. The van der Waals surface area contributed by atoms with Gasteiger partial charge in [0.1, 0.15) is 0 Å². The summed E-state index contributed by atoms with van der Waals surface area (Å²) in [6, 6.07) is 0.690. The van der Waals surface area contributed by atoms with Crippen LogP contribution in [0.4, 0.5) is 0 Å². The van der Waals surface area contributed by atoms with E-state index in [2.05, 4.69) is 39.9 Å². The summed E-state index contributed by atoms with van der Waals surface area (Å²) >= 11 is 0. The van der Waals surface area contributed by atoms with E-state index in [0.29, 0.717) is 23.3 Å². The summed E-state index contributed by atoms with van der Waals surface area (Å²) in [6.45, 7) is 11.4. The SMILES string of the molecule is COC(=O)CC(C)NC1CC(C)(C)CC(C)(C)C1. The zero-order valence-electron chi connectivity index (χ0n) is 12.8. The van der Waals surface area contributed by atoms with Gasteiger partial charge < -0.3 is 10.1 Å². The molecule has 0 amide bonds. The van der Waals surface area contributed by atoms with Gasteiger partial charge in [-0.3, -0.25) is 4.79 Å². The van der Waals surface area contributed by atoms with Crippen LogP contribution in [0.5, 0.6) is 0 Å². The normalized spacial score (nSPS) is 24.6. The standard InChI is InChI=1S/C15H29NO2/c1-11(7-13(17)18-6)16-12-8-14(2,3)10-15(4,5)9-12/h11-12,16H,7-10H2,1-6H3. The largest absolute Gasteiger partial charge is 0.469 e. The summed E-state index contributed by atoms with van der Waals surface area (Å²) in [4.78, 5) is 11.3. The Labute approximate surface area is 112 Å². The Bertz CT molecular complexity index is 281. The highest BCUT2D eigenvalue weighted by Crippen LogP contribution is 2.45. The average molecular weight is 255 g/mol. The van der Waals surface area contributed by atoms with E-state index < -0.39 is 0 Å². The molecule has 1 aliphatic carbocycles. The lowest BCUT2D eigenvalue weighted by Gasteiger charge is -2.46. The fourth-order valence-electron chi connectivity index (χ4n) is 3.76. The molecule has 1 aliphatic rings. The van der Waals surface area contributed by atoms with Gasteiger partial charge in [0.2, 0.25) is 0 Å². The topological polar surface area (TPSA) is 38.3 Å². The minimum atomic E-state index is -0.135. The van der Waals surface area contributed by atoms with Crippen molar-refractivity contribution in [2.45, 2.75) is 72.4 Å². The van der Waals surface area contributed by atoms with Crippen molar-refractivity contribution in [3.05, 3.63) is 0 Å². The predicted octanol–water partition coefficient (Wildman–Crippen LogP) is 3.13. The second-order valence-electron chi connectivity index (χ2n) is 7.46. The lowest BCUT2D eigenvalue weighted by Crippen LogP contribution is -2.47. The summed E-state index contributed by atoms with van der Waals surface area (Å²) in [7, 11) is 1.45. The Kier molecular flexibility index (Phi) is 4.82. The molecule has 1 rings (SSSR count). The Morgan fingerprint density at radius 2 is 1.78 bits per heavy atom. The van der Waals surface area contributed by atoms with E-state index in [-0.39, 0.29) is 12.0 Å². The Morgan fingerprint density at radius 3 is 2.22 bits per heavy atom. The lowest BCUT2D eigenvalue weighted by atomic mass is 9.63. The van der Waals surface area contributed by atoms with Crippen LogP contribution in [0.3, 0.4) is 0 Å². The van der Waals surface area contributed by atoms with Crippen LogP contribution in [-0.4, -0.2) is 25.2 Å². The molecule has 1 fully saturated rings. The number of hydrogen-bond donors (Lipinski definition) is 1. The monoisotopic (exact) mass is 255 g/mol. The van der Waals surface area contributed by atoms with Gasteiger partial charge in [-0.1, -0.05) is 27.7 Å². The molecule has 0 spiro atoms. The van der Waals surface area contributed by atoms with Crippen molar-refractivity contribution in [1.29, 1.82) is 0 Å². The summed E-state index contributed by atoms with van der Waals surface area (Å²) in [5, 5.41) is 3.59. The van der Waals surface area contributed by atoms with Crippen LogP contribution in [0.1, 0.15) is 60.3 Å². The van der Waals surface area contributed by atoms with Crippen LogP contribution in [0.25, 0.3) is 0 Å². The molecule has 1 N–H and O–H groups in total. The van der Waals surface area contributed by atoms with E-state index in [1.165, 1.54) is 26.4 Å². The van der Waals surface area contributed by atoms with Crippen molar-refractivity contribution in [2.75, 3.05) is 7.11 Å². The predicted molar refractivity (Wildman–Crippen MR) is 74.4 cm³/mol. The van der Waals surface area contributed by atoms with Gasteiger partial charge in [-0.2, -0.15) is 0 Å². The lowest BCUT2D eigenvalue weighted by molar-refractivity contribution is -0.141. The van der Waals surface area contributed by atoms with Gasteiger partial charge in [0, 0.05) is 12.1 Å². The molecule has 1 atom stereocenters. The average Bonchev–Trinajstić information content (AvgIpc) is 2.11. The molecule has 0 heterocycles. The maximum atomic E-state index is 11.3. The van der Waals surface area contributed by atoms with Crippen molar-refractivity contribution >= 4 is 5.97 Å². The summed E-state index contributed by atoms with van der Waals surface area (Å²) in [5.74, 6) is -0.135. The van der Waals surface area contributed by atoms with Crippen LogP contribution in [0.15, 0.2) is 0 Å². The zero-order chi connectivity index (χ0) is 14.0. The second-order valence-corrected chi connectivity index (χ2v) is 7.46. The van der Waals surface area contributed by atoms with E-state index in [0.717, 1.165) is 0 Å². The van der Waals surface area contributed by atoms with Crippen molar-refractivity contribution in [3.63, 3.8) is 0 Å². The number of hydrogen-bond acceptors (Lipinski definition) is 3. The molecule has 106 valence electrons. The van der Waals surface area contributed by atoms with E-state index in [1.807, 2.05) is 0 Å². The van der Waals surface area contributed by atoms with Crippen molar-refractivity contribution in [1.82, 2.24) is 5.32 Å². The van der Waals surface area contributed by atoms with Crippen molar-refractivity contribution in [2.24, 2.45) is 10.8 Å². The van der Waals surface area contributed by atoms with E-state index in [4.69, 9.17) is 4.74 Å². The summed E-state index contributed by atoms with van der Waals surface area (Å²) < 4.78 is 4.71. The fourth-order valence-corrected chi connectivity index (χ4v) is 3.76. The molecule has 1 unspecified atom stereocenters. The first kappa shape index (κ1) is 15.5. The minimum Gasteiger partial charge on any atom is -0.469 e. The van der Waals surface area contributed by atoms with Crippen LogP contribution in [0.2, 0.25) is 0 Å². The van der Waals surface area contributed by atoms with Gasteiger partial charge >= 0.3 is 5.97 Å². The highest BCUT2D eigenvalue weighted by atomic mass is 16.5. The quantitative estimate of drug-likeness (QED) is 0.784. The molecule has 0 radical (unpaired) electrons. The summed E-state index contributed by atoms with van der Waals surface area (Å²) in [6.07, 6.45) is 4.08. The first-order valence-corrected chi connectivity index (χ1v) is 6.96. The van der Waals surface area contributed by atoms with Crippen LogP contribution in [0, 0.1) is 10.8 Å². The number of carbonyl (C=O) groups is 1. The maximum Gasteiger partial charge on any atom is 0.307 e. The van der Waals surface area contributed by atoms with Crippen molar-refractivity contribution in [3.8, 4) is 0 Å². The van der Waals surface area contributed by atoms with Crippen LogP contribution in [-0.2, 0) is 9.53 Å². The third-order valence-electron chi connectivity index (χ3n) is 3.78. The number of rotatable bonds is 4. The van der Waals surface area contributed by atoms with Gasteiger partial charge in [-0.25, -0.2) is 0 Å². The molecule has 0 aliphatic heterocycles. The molecular weight excluding hydrogens is 226 g/mol. The minimum absolute atomic E-state index is 0.135. The number of nitrogens with one attached hydrogen (secondary N) is 1. The molecule has 0 aromatic carbocycles. The molecule has 0 bridgehead atoms. The highest BCUT2D eigenvalue weighted by molar-refractivity contribution is 5.69. The maximum absolute atomic E-state index is 11.3. The molecule has 0 saturated heterocycles. The number of ether oxygens (including phenoxy) is 1. The highest BCUT2D eigenvalue weighted by Gasteiger charge is 2.38. The summed E-state index contributed by atoms with van der Waals surface area (Å²) in [5.41, 5.74) is 0.759. The molecule has 3 heteroatoms. The van der Waals surface area contributed by atoms with Crippen LogP contribution < -0.4 is 5.32 Å². The van der Waals surface area contributed by atoms with E-state index >= 15 is 0 Å². The van der Waals surface area contributed by atoms with Crippen molar-refractivity contribution < 1.29 is 9.53 Å². The van der Waals surface area contributed by atoms with Gasteiger partial charge in [-0.05, 0) is 37.0 Å². The van der Waals surface area contributed by atoms with E-state index in [1.54, 1.807) is 0 Å². The third kappa shape index (κ3) is 4.97. The first-order valence-electron chi connectivity index (χ1n) is 6.96. The number of esters is 1. The second kappa shape index (κ2) is 5.60. The fraction of sp³-hybridized carbons (Fsp3) is 0.933. The number of methoxy groups -OCH3 is 1. The Balaban J connectivity index is 2.53. The third-order valence-corrected chi connectivity index (χ3v) is 3.78. The number of carbonyl (C=O) groups excluding carboxylic acids is 1. The smallest absolute Gasteiger partial charge is 0.307 e. The molecule has 3 nitrogen and oxygen atoms in total. The molecule has 18 heavy (non-hydrogen) atoms. The van der Waals surface area contributed by atoms with Gasteiger partial charge in [0.25, 0.3) is 0 Å².